The first kappa shape index (κ1) is 17.7. The summed E-state index contributed by atoms with van der Waals surface area (Å²) < 4.78 is 0. The van der Waals surface area contributed by atoms with Crippen molar-refractivity contribution in [2.75, 3.05) is 13.1 Å². The number of aliphatic hydroxyl groups excluding tert-OH is 1. The zero-order chi connectivity index (χ0) is 19.0. The number of hydrogen-bond acceptors (Lipinski definition) is 3. The summed E-state index contributed by atoms with van der Waals surface area (Å²) in [5, 5.41) is 11.7. The van der Waals surface area contributed by atoms with Crippen LogP contribution in [-0.4, -0.2) is 40.1 Å². The normalized spacial score (nSPS) is 19.6. The molecule has 4 heteroatoms. The predicted molar refractivity (Wildman–Crippen MR) is 107 cm³/mol. The highest BCUT2D eigenvalue weighted by molar-refractivity contribution is 5.97. The number of aromatic nitrogens is 1. The van der Waals surface area contributed by atoms with E-state index in [1.54, 1.807) is 4.90 Å². The zero-order valence-corrected chi connectivity index (χ0v) is 15.7. The number of pyridine rings is 1. The van der Waals surface area contributed by atoms with E-state index in [2.05, 4.69) is 11.1 Å². The van der Waals surface area contributed by atoms with Crippen LogP contribution in [0.3, 0.4) is 0 Å². The van der Waals surface area contributed by atoms with Crippen molar-refractivity contribution < 1.29 is 9.90 Å². The minimum atomic E-state index is -0.509. The number of para-hydroxylation sites is 1. The average molecular weight is 360 g/mol. The van der Waals surface area contributed by atoms with Crippen molar-refractivity contribution in [2.24, 2.45) is 5.92 Å². The summed E-state index contributed by atoms with van der Waals surface area (Å²) in [5.74, 6) is 0.0517. The van der Waals surface area contributed by atoms with Gasteiger partial charge in [0.05, 0.1) is 11.6 Å². The van der Waals surface area contributed by atoms with Crippen molar-refractivity contribution in [1.82, 2.24) is 9.88 Å². The van der Waals surface area contributed by atoms with E-state index < -0.39 is 6.10 Å². The van der Waals surface area contributed by atoms with Gasteiger partial charge >= 0.3 is 0 Å². The number of β-amino-alcohol motifs (C(OH)–C–C–N with tert-alkyl or cyclic N) is 1. The number of fused-ring (bicyclic) bond motifs is 1. The molecule has 0 bridgehead atoms. The van der Waals surface area contributed by atoms with Crippen LogP contribution in [0.25, 0.3) is 10.9 Å². The summed E-state index contributed by atoms with van der Waals surface area (Å²) in [6.45, 7) is 4.89. The van der Waals surface area contributed by atoms with E-state index in [0.29, 0.717) is 13.1 Å². The van der Waals surface area contributed by atoms with Gasteiger partial charge in [0, 0.05) is 36.2 Å². The molecule has 1 fully saturated rings. The summed E-state index contributed by atoms with van der Waals surface area (Å²) in [4.78, 5) is 19.3. The fraction of sp³-hybridized carbons (Fsp3) is 0.304. The Bertz CT molecular complexity index is 973. The molecule has 0 unspecified atom stereocenters. The lowest BCUT2D eigenvalue weighted by Crippen LogP contribution is -2.30. The molecule has 1 aromatic heterocycles. The van der Waals surface area contributed by atoms with Crippen LogP contribution in [-0.2, 0) is 6.42 Å². The molecule has 0 saturated carbocycles. The molecule has 1 saturated heterocycles. The van der Waals surface area contributed by atoms with Gasteiger partial charge in [0.1, 0.15) is 0 Å². The highest BCUT2D eigenvalue weighted by atomic mass is 16.3. The van der Waals surface area contributed by atoms with E-state index in [4.69, 9.17) is 0 Å². The van der Waals surface area contributed by atoms with Crippen molar-refractivity contribution in [2.45, 2.75) is 26.4 Å². The van der Waals surface area contributed by atoms with E-state index >= 15 is 0 Å². The number of benzene rings is 2. The van der Waals surface area contributed by atoms with Crippen LogP contribution in [0.15, 0.2) is 54.7 Å². The number of nitrogens with zero attached hydrogens (tertiary/aromatic N) is 2. The molecule has 2 aromatic carbocycles. The third-order valence-electron chi connectivity index (χ3n) is 5.61. The summed E-state index contributed by atoms with van der Waals surface area (Å²) in [6, 6.07) is 16.0. The Labute approximate surface area is 159 Å². The van der Waals surface area contributed by atoms with E-state index in [9.17, 15) is 9.90 Å². The molecule has 2 atom stereocenters. The number of rotatable bonds is 3. The second kappa shape index (κ2) is 7.12. The van der Waals surface area contributed by atoms with E-state index in [0.717, 1.165) is 34.0 Å². The van der Waals surface area contributed by atoms with E-state index in [-0.39, 0.29) is 11.8 Å². The van der Waals surface area contributed by atoms with Gasteiger partial charge < -0.3 is 10.0 Å². The number of carbonyl (C=O) groups excluding carboxylic acids is 1. The van der Waals surface area contributed by atoms with Gasteiger partial charge in [0.15, 0.2) is 0 Å². The molecule has 1 N–H and O–H groups in total. The Balaban J connectivity index is 1.56. The Morgan fingerprint density at radius 1 is 1.07 bits per heavy atom. The molecular weight excluding hydrogens is 336 g/mol. The number of likely N-dealkylation sites (tertiary alicyclic amines) is 1. The van der Waals surface area contributed by atoms with Crippen LogP contribution >= 0.6 is 0 Å². The van der Waals surface area contributed by atoms with Gasteiger partial charge in [-0.3, -0.25) is 9.78 Å². The number of hydrogen-bond donors (Lipinski definition) is 1. The second-order valence-electron chi connectivity index (χ2n) is 7.50. The van der Waals surface area contributed by atoms with Crippen LogP contribution in [0.1, 0.15) is 27.0 Å². The fourth-order valence-corrected chi connectivity index (χ4v) is 4.15. The maximum Gasteiger partial charge on any atom is 0.254 e. The lowest BCUT2D eigenvalue weighted by atomic mass is 9.94. The summed E-state index contributed by atoms with van der Waals surface area (Å²) in [6.07, 6.45) is 2.05. The first-order chi connectivity index (χ1) is 13.0. The van der Waals surface area contributed by atoms with Gasteiger partial charge in [-0.05, 0) is 49.1 Å². The first-order valence-corrected chi connectivity index (χ1v) is 9.41. The van der Waals surface area contributed by atoms with Crippen LogP contribution in [0.5, 0.6) is 0 Å². The Morgan fingerprint density at radius 3 is 2.59 bits per heavy atom. The fourth-order valence-electron chi connectivity index (χ4n) is 4.15. The van der Waals surface area contributed by atoms with Crippen LogP contribution in [0.2, 0.25) is 0 Å². The quantitative estimate of drug-likeness (QED) is 0.777. The highest BCUT2D eigenvalue weighted by Crippen LogP contribution is 2.27. The molecule has 1 aliphatic heterocycles. The van der Waals surface area contributed by atoms with Crippen LogP contribution < -0.4 is 0 Å². The van der Waals surface area contributed by atoms with Crippen LogP contribution in [0.4, 0.5) is 0 Å². The number of amides is 1. The average Bonchev–Trinajstić information content (AvgIpc) is 3.02. The summed E-state index contributed by atoms with van der Waals surface area (Å²) >= 11 is 0. The number of carbonyl (C=O) groups is 1. The molecular formula is C23H24N2O2. The minimum Gasteiger partial charge on any atom is -0.391 e. The van der Waals surface area contributed by atoms with Gasteiger partial charge in [0.25, 0.3) is 5.91 Å². The number of aliphatic hydroxyl groups is 1. The molecule has 138 valence electrons. The molecule has 0 aliphatic carbocycles. The monoisotopic (exact) mass is 360 g/mol. The lowest BCUT2D eigenvalue weighted by molar-refractivity contribution is 0.0763. The topological polar surface area (TPSA) is 53.4 Å². The largest absolute Gasteiger partial charge is 0.391 e. The molecule has 27 heavy (non-hydrogen) atoms. The minimum absolute atomic E-state index is 0.0201. The number of aryl methyl sites for hydroxylation is 2. The SMILES string of the molecule is Cc1cccc(C)c1C(=O)N1C[C@@H](Cc2ccnc3ccccc23)[C@H](O)C1. The molecule has 3 aromatic rings. The Morgan fingerprint density at radius 2 is 1.81 bits per heavy atom. The van der Waals surface area contributed by atoms with Crippen molar-refractivity contribution in [3.63, 3.8) is 0 Å². The maximum atomic E-state index is 13.0. The Kier molecular flexibility index (Phi) is 4.66. The van der Waals surface area contributed by atoms with Crippen molar-refractivity contribution in [1.29, 1.82) is 0 Å². The summed E-state index contributed by atoms with van der Waals surface area (Å²) in [5.41, 5.74) is 4.87. The molecule has 0 spiro atoms. The van der Waals surface area contributed by atoms with Crippen molar-refractivity contribution >= 4 is 16.8 Å². The van der Waals surface area contributed by atoms with Crippen LogP contribution in [0, 0.1) is 19.8 Å². The predicted octanol–water partition coefficient (Wildman–Crippen LogP) is 3.53. The van der Waals surface area contributed by atoms with Gasteiger partial charge in [-0.2, -0.15) is 0 Å². The van der Waals surface area contributed by atoms with E-state index in [1.165, 1.54) is 5.56 Å². The molecule has 1 amide bonds. The second-order valence-corrected chi connectivity index (χ2v) is 7.50. The Hall–Kier alpha value is -2.72. The van der Waals surface area contributed by atoms with Gasteiger partial charge in [-0.25, -0.2) is 0 Å². The first-order valence-electron chi connectivity index (χ1n) is 9.41. The molecule has 0 radical (unpaired) electrons. The third kappa shape index (κ3) is 3.33. The molecule has 4 rings (SSSR count). The van der Waals surface area contributed by atoms with Gasteiger partial charge in [-0.1, -0.05) is 36.4 Å². The third-order valence-corrected chi connectivity index (χ3v) is 5.61. The standard InChI is InChI=1S/C23H24N2O2/c1-15-6-5-7-16(2)22(15)23(27)25-13-18(21(26)14-25)12-17-10-11-24-20-9-4-3-8-19(17)20/h3-11,18,21,26H,12-14H2,1-2H3/t18-,21-/m1/s1. The maximum absolute atomic E-state index is 13.0. The highest BCUT2D eigenvalue weighted by Gasteiger charge is 2.35. The van der Waals surface area contributed by atoms with Crippen molar-refractivity contribution in [3.05, 3.63) is 77.0 Å². The molecule has 2 heterocycles. The van der Waals surface area contributed by atoms with E-state index in [1.807, 2.05) is 62.5 Å². The van der Waals surface area contributed by atoms with Gasteiger partial charge in [-0.15, -0.1) is 0 Å². The lowest BCUT2D eigenvalue weighted by Gasteiger charge is -2.19. The zero-order valence-electron chi connectivity index (χ0n) is 15.7. The summed E-state index contributed by atoms with van der Waals surface area (Å²) in [7, 11) is 0. The van der Waals surface area contributed by atoms with Gasteiger partial charge in [0.2, 0.25) is 0 Å². The van der Waals surface area contributed by atoms with Crippen molar-refractivity contribution in [3.8, 4) is 0 Å². The smallest absolute Gasteiger partial charge is 0.254 e. The molecule has 1 aliphatic rings. The molecule has 4 nitrogen and oxygen atoms in total.